The molecule has 1 saturated heterocycles. The molecule has 11 heteroatoms. The van der Waals surface area contributed by atoms with Crippen LogP contribution in [0.1, 0.15) is 41.6 Å². The molecule has 4 heterocycles. The smallest absolute Gasteiger partial charge is 0.328 e. The van der Waals surface area contributed by atoms with Crippen LogP contribution in [0, 0.1) is 0 Å². The fourth-order valence-corrected chi connectivity index (χ4v) is 5.33. The van der Waals surface area contributed by atoms with Gasteiger partial charge in [0.25, 0.3) is 5.56 Å². The molecule has 1 amide bonds. The number of anilines is 1. The minimum Gasteiger partial charge on any atom is -0.478 e. The zero-order valence-corrected chi connectivity index (χ0v) is 23.1. The van der Waals surface area contributed by atoms with Gasteiger partial charge < -0.3 is 19.8 Å². The molecular weight excluding hydrogens is 504 g/mol. The molecule has 0 saturated carbocycles. The number of rotatable bonds is 9. The predicted molar refractivity (Wildman–Crippen MR) is 149 cm³/mol. The number of nitrogens with zero attached hydrogens (tertiary/aromatic N) is 6. The van der Waals surface area contributed by atoms with E-state index in [0.717, 1.165) is 35.2 Å². The minimum atomic E-state index is -1.14. The Morgan fingerprint density at radius 3 is 2.53 bits per heavy atom. The average molecular weight is 539 g/mol. The number of carboxylic acids is 1. The number of carbonyl (C=O) groups excluding carboxylic acids is 1. The Balaban J connectivity index is 1.61. The van der Waals surface area contributed by atoms with Crippen molar-refractivity contribution in [2.75, 3.05) is 51.7 Å². The summed E-state index contributed by atoms with van der Waals surface area (Å²) >= 11 is 1.66. The molecule has 0 atom stereocenters. The first-order valence-electron chi connectivity index (χ1n) is 12.7. The second kappa shape index (κ2) is 11.9. The quantitative estimate of drug-likeness (QED) is 0.414. The number of carboxylic acid groups (broad SMARTS) is 1. The monoisotopic (exact) mass is 538 g/mol. The lowest BCUT2D eigenvalue weighted by molar-refractivity contribution is -0.132. The second-order valence-electron chi connectivity index (χ2n) is 10.0. The maximum absolute atomic E-state index is 13.4. The zero-order valence-electron chi connectivity index (χ0n) is 22.3. The minimum absolute atomic E-state index is 0.0533. The van der Waals surface area contributed by atoms with Crippen molar-refractivity contribution in [3.63, 3.8) is 0 Å². The summed E-state index contributed by atoms with van der Waals surface area (Å²) in [5.41, 5.74) is 2.53. The molecule has 0 bridgehead atoms. The molecule has 0 aliphatic carbocycles. The van der Waals surface area contributed by atoms with Gasteiger partial charge >= 0.3 is 5.97 Å². The Morgan fingerprint density at radius 1 is 1.16 bits per heavy atom. The molecule has 1 N–H and O–H groups in total. The molecular formula is C27H34N6O4S. The van der Waals surface area contributed by atoms with Gasteiger partial charge in [0.2, 0.25) is 5.91 Å². The molecule has 4 rings (SSSR count). The average Bonchev–Trinajstić information content (AvgIpc) is 3.36. The van der Waals surface area contributed by atoms with E-state index in [4.69, 9.17) is 9.97 Å². The summed E-state index contributed by atoms with van der Waals surface area (Å²) in [7, 11) is 3.71. The van der Waals surface area contributed by atoms with Gasteiger partial charge in [-0.2, -0.15) is 0 Å². The van der Waals surface area contributed by atoms with Crippen LogP contribution in [-0.2, 0) is 22.4 Å². The largest absolute Gasteiger partial charge is 0.478 e. The number of aromatic nitrogens is 3. The number of hydrogen-bond donors (Lipinski definition) is 1. The van der Waals surface area contributed by atoms with Crippen LogP contribution in [0.5, 0.6) is 0 Å². The van der Waals surface area contributed by atoms with Gasteiger partial charge in [0.05, 0.1) is 22.8 Å². The van der Waals surface area contributed by atoms with Gasteiger partial charge in [0.15, 0.2) is 0 Å². The number of carbonyl (C=O) groups is 2. The molecule has 1 fully saturated rings. The van der Waals surface area contributed by atoms with Crippen molar-refractivity contribution in [2.45, 2.75) is 32.6 Å². The van der Waals surface area contributed by atoms with Gasteiger partial charge in [-0.15, -0.1) is 11.3 Å². The Morgan fingerprint density at radius 2 is 1.89 bits per heavy atom. The Kier molecular flexibility index (Phi) is 8.58. The molecule has 1 aliphatic rings. The van der Waals surface area contributed by atoms with Crippen molar-refractivity contribution >= 4 is 40.8 Å². The summed E-state index contributed by atoms with van der Waals surface area (Å²) in [6.07, 6.45) is 5.53. The van der Waals surface area contributed by atoms with Gasteiger partial charge in [0, 0.05) is 50.3 Å². The van der Waals surface area contributed by atoms with E-state index < -0.39 is 5.97 Å². The van der Waals surface area contributed by atoms with Crippen LogP contribution in [0.2, 0.25) is 0 Å². The van der Waals surface area contributed by atoms with Gasteiger partial charge in [-0.1, -0.05) is 13.8 Å². The summed E-state index contributed by atoms with van der Waals surface area (Å²) in [6, 6.07) is 3.80. The highest BCUT2D eigenvalue weighted by molar-refractivity contribution is 7.09. The van der Waals surface area contributed by atoms with Gasteiger partial charge in [-0.3, -0.25) is 14.0 Å². The van der Waals surface area contributed by atoms with Crippen LogP contribution in [0.4, 0.5) is 5.82 Å². The first-order chi connectivity index (χ1) is 18.1. The van der Waals surface area contributed by atoms with E-state index in [-0.39, 0.29) is 17.0 Å². The number of pyridine rings is 1. The summed E-state index contributed by atoms with van der Waals surface area (Å²) in [5, 5.41) is 12.4. The first-order valence-corrected chi connectivity index (χ1v) is 13.6. The van der Waals surface area contributed by atoms with E-state index in [9.17, 15) is 19.5 Å². The van der Waals surface area contributed by atoms with Gasteiger partial charge in [-0.05, 0) is 50.2 Å². The number of likely N-dealkylation sites (N-methyl/N-ethyl adjacent to an activating group) is 1. The summed E-state index contributed by atoms with van der Waals surface area (Å²) < 4.78 is 1.45. The van der Waals surface area contributed by atoms with Crippen LogP contribution in [-0.4, -0.2) is 88.0 Å². The molecule has 10 nitrogen and oxygen atoms in total. The fraction of sp³-hybridized carbons (Fsp3) is 0.444. The van der Waals surface area contributed by atoms with E-state index in [0.29, 0.717) is 50.1 Å². The van der Waals surface area contributed by atoms with Gasteiger partial charge in [-0.25, -0.2) is 14.8 Å². The van der Waals surface area contributed by atoms with Crippen molar-refractivity contribution in [3.8, 4) is 0 Å². The van der Waals surface area contributed by atoms with Crippen molar-refractivity contribution in [1.29, 1.82) is 0 Å². The van der Waals surface area contributed by atoms with Gasteiger partial charge in [0.1, 0.15) is 11.5 Å². The lowest BCUT2D eigenvalue weighted by atomic mass is 10.1. The third kappa shape index (κ3) is 6.46. The van der Waals surface area contributed by atoms with Crippen LogP contribution in [0.15, 0.2) is 34.6 Å². The molecule has 202 valence electrons. The summed E-state index contributed by atoms with van der Waals surface area (Å²) in [5.74, 6) is -0.256. The lowest BCUT2D eigenvalue weighted by Crippen LogP contribution is -2.51. The maximum atomic E-state index is 13.4. The highest BCUT2D eigenvalue weighted by Gasteiger charge is 2.25. The third-order valence-electron chi connectivity index (χ3n) is 6.47. The number of amides is 1. The van der Waals surface area contributed by atoms with E-state index in [2.05, 4.69) is 19.2 Å². The predicted octanol–water partition coefficient (Wildman–Crippen LogP) is 2.37. The van der Waals surface area contributed by atoms with Crippen LogP contribution < -0.4 is 10.5 Å². The van der Waals surface area contributed by atoms with E-state index in [1.54, 1.807) is 22.4 Å². The molecule has 3 aromatic heterocycles. The normalized spacial score (nSPS) is 14.4. The molecule has 1 aliphatic heterocycles. The van der Waals surface area contributed by atoms with Crippen molar-refractivity contribution in [1.82, 2.24) is 24.2 Å². The standard InChI is InChI=1S/C27H34N6O4S/c1-18(2)21-17-38-23(28-21)7-5-19-9-10-33-22(15-19)29-26(20(27(33)37)6-8-25(35)36)32-13-11-31(12-14-32)24(34)16-30(3)4/h6,8-10,15,17-18H,5,7,11-14,16H2,1-4H3,(H,35,36). The number of aryl methyl sites for hydroxylation is 2. The van der Waals surface area contributed by atoms with Crippen molar-refractivity contribution < 1.29 is 14.7 Å². The summed E-state index contributed by atoms with van der Waals surface area (Å²) in [4.78, 5) is 52.3. The SMILES string of the molecule is CC(C)c1csc(CCc2ccn3c(=O)c(C=CC(=O)O)c(N4CCN(C(=O)CN(C)C)CC4)nc3c2)n1. The molecule has 0 unspecified atom stereocenters. The number of piperazine rings is 1. The topological polar surface area (TPSA) is 111 Å². The fourth-order valence-electron chi connectivity index (χ4n) is 4.37. The molecule has 0 radical (unpaired) electrons. The van der Waals surface area contributed by atoms with Crippen LogP contribution >= 0.6 is 11.3 Å². The molecule has 3 aromatic rings. The molecule has 0 aromatic carbocycles. The van der Waals surface area contributed by atoms with Crippen LogP contribution in [0.25, 0.3) is 11.7 Å². The van der Waals surface area contributed by atoms with E-state index >= 15 is 0 Å². The van der Waals surface area contributed by atoms with Crippen molar-refractivity contribution in [2.24, 2.45) is 0 Å². The third-order valence-corrected chi connectivity index (χ3v) is 7.40. The van der Waals surface area contributed by atoms with E-state index in [1.807, 2.05) is 36.0 Å². The summed E-state index contributed by atoms with van der Waals surface area (Å²) in [6.45, 7) is 6.60. The maximum Gasteiger partial charge on any atom is 0.328 e. The number of fused-ring (bicyclic) bond motifs is 1. The van der Waals surface area contributed by atoms with Crippen molar-refractivity contribution in [3.05, 3.63) is 62.0 Å². The Labute approximate surface area is 225 Å². The van der Waals surface area contributed by atoms with Crippen LogP contribution in [0.3, 0.4) is 0 Å². The molecule has 0 spiro atoms. The number of aliphatic carboxylic acids is 1. The zero-order chi connectivity index (χ0) is 27.4. The Bertz CT molecular complexity index is 1400. The number of hydrogen-bond acceptors (Lipinski definition) is 8. The molecule has 38 heavy (non-hydrogen) atoms. The lowest BCUT2D eigenvalue weighted by Gasteiger charge is -2.36. The van der Waals surface area contributed by atoms with E-state index in [1.165, 1.54) is 10.5 Å². The highest BCUT2D eigenvalue weighted by Crippen LogP contribution is 2.22. The second-order valence-corrected chi connectivity index (χ2v) is 11.0. The number of thiazole rings is 1. The highest BCUT2D eigenvalue weighted by atomic mass is 32.1. The Hall–Kier alpha value is -3.57. The first kappa shape index (κ1) is 27.5.